The maximum Gasteiger partial charge on any atom is 0.392 e. The molecule has 0 bridgehead atoms. The summed E-state index contributed by atoms with van der Waals surface area (Å²) in [6, 6.07) is 0. The van der Waals surface area contributed by atoms with Gasteiger partial charge in [-0.15, -0.1) is 0 Å². The quantitative estimate of drug-likeness (QED) is 0.823. The van der Waals surface area contributed by atoms with Gasteiger partial charge in [0.2, 0.25) is 5.88 Å². The highest BCUT2D eigenvalue weighted by atomic mass is 35.5. The lowest BCUT2D eigenvalue weighted by Gasteiger charge is -2.09. The predicted octanol–water partition coefficient (Wildman–Crippen LogP) is 2.04. The van der Waals surface area contributed by atoms with Crippen molar-refractivity contribution in [2.24, 2.45) is 0 Å². The van der Waals surface area contributed by atoms with Gasteiger partial charge in [-0.05, 0) is 0 Å². The van der Waals surface area contributed by atoms with Crippen LogP contribution in [0.2, 0.25) is 5.15 Å². The highest BCUT2D eigenvalue weighted by Gasteiger charge is 2.27. The van der Waals surface area contributed by atoms with Gasteiger partial charge in [0, 0.05) is 0 Å². The van der Waals surface area contributed by atoms with Crippen molar-refractivity contribution in [2.45, 2.75) is 12.6 Å². The van der Waals surface area contributed by atoms with E-state index in [1.54, 1.807) is 0 Å². The first-order valence-electron chi connectivity index (χ1n) is 3.85. The van der Waals surface area contributed by atoms with Gasteiger partial charge in [0.25, 0.3) is 0 Å². The molecule has 0 aliphatic rings. The Bertz CT molecular complexity index is 345. The van der Waals surface area contributed by atoms with E-state index < -0.39 is 19.2 Å². The molecule has 0 fully saturated rings. The van der Waals surface area contributed by atoms with Crippen molar-refractivity contribution in [1.82, 2.24) is 9.97 Å². The zero-order chi connectivity index (χ0) is 11.5. The Morgan fingerprint density at radius 3 is 2.67 bits per heavy atom. The van der Waals surface area contributed by atoms with Crippen LogP contribution in [0.5, 0.6) is 5.88 Å². The molecule has 0 atom stereocenters. The average molecular weight is 242 g/mol. The molecule has 1 aromatic rings. The van der Waals surface area contributed by atoms with Gasteiger partial charge in [0.1, 0.15) is 12.0 Å². The maximum atomic E-state index is 11.8. The molecule has 0 unspecified atom stereocenters. The van der Waals surface area contributed by atoms with E-state index in [4.69, 9.17) is 22.1 Å². The third-order valence-corrected chi connectivity index (χ3v) is 1.72. The molecule has 15 heavy (non-hydrogen) atoms. The lowest BCUT2D eigenvalue weighted by atomic mass is 10.4. The fourth-order valence-electron chi connectivity index (χ4n) is 0.738. The first-order valence-corrected chi connectivity index (χ1v) is 4.23. The standard InChI is InChI=1S/C7H7ClF3N3O/c8-5-4(12)6(14-3-13-5)15-2-1-7(9,10)11/h3H,1-2,12H2. The number of alkyl halides is 3. The second kappa shape index (κ2) is 4.52. The summed E-state index contributed by atoms with van der Waals surface area (Å²) in [5, 5.41) is -0.0491. The van der Waals surface area contributed by atoms with Crippen LogP contribution in [-0.2, 0) is 0 Å². The molecule has 1 rings (SSSR count). The van der Waals surface area contributed by atoms with Gasteiger partial charge >= 0.3 is 6.18 Å². The normalized spacial score (nSPS) is 11.5. The van der Waals surface area contributed by atoms with Crippen molar-refractivity contribution in [3.8, 4) is 5.88 Å². The van der Waals surface area contributed by atoms with Gasteiger partial charge in [-0.1, -0.05) is 11.6 Å². The zero-order valence-electron chi connectivity index (χ0n) is 7.38. The molecule has 0 saturated carbocycles. The molecule has 2 N–H and O–H groups in total. The summed E-state index contributed by atoms with van der Waals surface area (Å²) in [5.41, 5.74) is 5.30. The molecular formula is C7H7ClF3N3O. The third-order valence-electron chi connectivity index (χ3n) is 1.42. The van der Waals surface area contributed by atoms with Crippen LogP contribution in [0.1, 0.15) is 6.42 Å². The molecule has 0 amide bonds. The monoisotopic (exact) mass is 241 g/mol. The molecule has 0 radical (unpaired) electrons. The van der Waals surface area contributed by atoms with Gasteiger partial charge in [-0.3, -0.25) is 0 Å². The summed E-state index contributed by atoms with van der Waals surface area (Å²) in [6.45, 7) is -0.555. The Kier molecular flexibility index (Phi) is 3.57. The molecule has 84 valence electrons. The van der Waals surface area contributed by atoms with Gasteiger partial charge in [-0.25, -0.2) is 4.98 Å². The van der Waals surface area contributed by atoms with Crippen molar-refractivity contribution in [3.05, 3.63) is 11.5 Å². The number of nitrogens with two attached hydrogens (primary N) is 1. The molecule has 0 saturated heterocycles. The first-order chi connectivity index (χ1) is 6.90. The van der Waals surface area contributed by atoms with Crippen molar-refractivity contribution >= 4 is 17.3 Å². The van der Waals surface area contributed by atoms with Crippen LogP contribution in [0, 0.1) is 0 Å². The number of nitrogen functional groups attached to an aromatic ring is 1. The molecule has 0 aliphatic heterocycles. The van der Waals surface area contributed by atoms with E-state index in [1.165, 1.54) is 0 Å². The van der Waals surface area contributed by atoms with E-state index >= 15 is 0 Å². The molecule has 1 heterocycles. The van der Waals surface area contributed by atoms with Crippen LogP contribution in [0.4, 0.5) is 18.9 Å². The van der Waals surface area contributed by atoms with E-state index in [0.29, 0.717) is 0 Å². The number of ether oxygens (including phenoxy) is 1. The molecule has 0 aliphatic carbocycles. The lowest BCUT2D eigenvalue weighted by molar-refractivity contribution is -0.139. The Morgan fingerprint density at radius 1 is 1.40 bits per heavy atom. The van der Waals surface area contributed by atoms with E-state index in [2.05, 4.69) is 9.97 Å². The molecule has 1 aromatic heterocycles. The number of rotatable bonds is 3. The van der Waals surface area contributed by atoms with Gasteiger partial charge in [-0.2, -0.15) is 18.2 Å². The predicted molar refractivity (Wildman–Crippen MR) is 47.6 cm³/mol. The van der Waals surface area contributed by atoms with Gasteiger partial charge in [0.05, 0.1) is 13.0 Å². The number of hydrogen-bond acceptors (Lipinski definition) is 4. The largest absolute Gasteiger partial charge is 0.476 e. The highest BCUT2D eigenvalue weighted by molar-refractivity contribution is 6.32. The second-order valence-electron chi connectivity index (χ2n) is 2.60. The molecule has 0 aromatic carbocycles. The summed E-state index contributed by atoms with van der Waals surface area (Å²) < 4.78 is 40.0. The van der Waals surface area contributed by atoms with Gasteiger partial charge < -0.3 is 10.5 Å². The summed E-state index contributed by atoms with van der Waals surface area (Å²) in [6.07, 6.45) is -4.29. The zero-order valence-corrected chi connectivity index (χ0v) is 8.14. The number of nitrogens with zero attached hydrogens (tertiary/aromatic N) is 2. The van der Waals surface area contributed by atoms with Crippen LogP contribution >= 0.6 is 11.6 Å². The highest BCUT2D eigenvalue weighted by Crippen LogP contribution is 2.25. The fraction of sp³-hybridized carbons (Fsp3) is 0.429. The van der Waals surface area contributed by atoms with E-state index in [1.807, 2.05) is 0 Å². The van der Waals surface area contributed by atoms with Crippen LogP contribution < -0.4 is 10.5 Å². The number of hydrogen-bond donors (Lipinski definition) is 1. The summed E-state index contributed by atoms with van der Waals surface area (Å²) >= 11 is 5.50. The van der Waals surface area contributed by atoms with Crippen LogP contribution in [-0.4, -0.2) is 22.8 Å². The minimum absolute atomic E-state index is 0.0491. The molecular weight excluding hydrogens is 235 g/mol. The van der Waals surface area contributed by atoms with E-state index in [9.17, 15) is 13.2 Å². The van der Waals surface area contributed by atoms with Crippen molar-refractivity contribution in [2.75, 3.05) is 12.3 Å². The van der Waals surface area contributed by atoms with Crippen LogP contribution in [0.15, 0.2) is 6.33 Å². The van der Waals surface area contributed by atoms with Crippen molar-refractivity contribution < 1.29 is 17.9 Å². The number of anilines is 1. The van der Waals surface area contributed by atoms with E-state index in [0.717, 1.165) is 6.33 Å². The summed E-state index contributed by atoms with van der Waals surface area (Å²) in [5.74, 6) is -0.140. The fourth-order valence-corrected chi connectivity index (χ4v) is 0.862. The maximum absolute atomic E-state index is 11.8. The summed E-state index contributed by atoms with van der Waals surface area (Å²) in [7, 11) is 0. The number of aromatic nitrogens is 2. The van der Waals surface area contributed by atoms with Crippen LogP contribution in [0.25, 0.3) is 0 Å². The minimum Gasteiger partial charge on any atom is -0.476 e. The number of halogens is 4. The third kappa shape index (κ3) is 3.78. The average Bonchev–Trinajstić information content (AvgIpc) is 2.10. The first kappa shape index (κ1) is 11.8. The Hall–Kier alpha value is -1.24. The van der Waals surface area contributed by atoms with Crippen molar-refractivity contribution in [1.29, 1.82) is 0 Å². The molecule has 8 heteroatoms. The van der Waals surface area contributed by atoms with Gasteiger partial charge in [0.15, 0.2) is 5.15 Å². The Labute approximate surface area is 88.2 Å². The van der Waals surface area contributed by atoms with Crippen molar-refractivity contribution in [3.63, 3.8) is 0 Å². The lowest BCUT2D eigenvalue weighted by Crippen LogP contribution is -2.14. The Morgan fingerprint density at radius 2 is 2.07 bits per heavy atom. The van der Waals surface area contributed by atoms with Crippen LogP contribution in [0.3, 0.4) is 0 Å². The minimum atomic E-state index is -4.27. The van der Waals surface area contributed by atoms with E-state index in [-0.39, 0.29) is 16.7 Å². The second-order valence-corrected chi connectivity index (χ2v) is 2.95. The molecule has 4 nitrogen and oxygen atoms in total. The summed E-state index contributed by atoms with van der Waals surface area (Å²) in [4.78, 5) is 7.07. The molecule has 0 spiro atoms. The Balaban J connectivity index is 2.55. The smallest absolute Gasteiger partial charge is 0.392 e. The topological polar surface area (TPSA) is 61.0 Å². The SMILES string of the molecule is Nc1c(Cl)ncnc1OCCC(F)(F)F.